The van der Waals surface area contributed by atoms with E-state index >= 15 is 0 Å². The van der Waals surface area contributed by atoms with Crippen LogP contribution in [0.5, 0.6) is 0 Å². The molecule has 0 nitrogen and oxygen atoms in total. The standard InChI is InChI=1S/4C13H13P.ClH.W/c4*1-14(12-8-4-2-5-9-12)13-10-6-3-7-11-13;;/h4*2-11H,1H3;1H;/q;;;;;-3/p+3. The monoisotopic (exact) mass is 1020 g/mol. The van der Waals surface area contributed by atoms with Crippen molar-refractivity contribution < 1.29 is 11.7 Å². The van der Waals surface area contributed by atoms with Crippen LogP contribution < -0.4 is 42.4 Å². The molecule has 0 saturated carbocycles. The summed E-state index contributed by atoms with van der Waals surface area (Å²) in [6.45, 7) is 11.1. The summed E-state index contributed by atoms with van der Waals surface area (Å²) in [5.74, 6) is 0. The predicted molar refractivity (Wildman–Crippen MR) is 271 cm³/mol. The second-order valence-corrected chi connectivity index (χ2v) is 131. The minimum absolute atomic E-state index is 1.45. The van der Waals surface area contributed by atoms with Crippen LogP contribution in [-0.2, 0) is 11.7 Å². The molecule has 0 bridgehead atoms. The first-order valence-electron chi connectivity index (χ1n) is 20.3. The zero-order valence-corrected chi connectivity index (χ0v) is 41.6. The van der Waals surface area contributed by atoms with Gasteiger partial charge in [0.05, 0.1) is 0 Å². The van der Waals surface area contributed by atoms with Gasteiger partial charge in [0.15, 0.2) is 0 Å². The zero-order chi connectivity index (χ0) is 40.4. The van der Waals surface area contributed by atoms with Crippen LogP contribution in [-0.4, -0.2) is 26.7 Å². The molecule has 0 unspecified atom stereocenters. The maximum absolute atomic E-state index is 11.0. The molecule has 8 rings (SSSR count). The number of rotatable bonds is 12. The van der Waals surface area contributed by atoms with Crippen molar-refractivity contribution in [3.63, 3.8) is 0 Å². The molecule has 0 amide bonds. The van der Waals surface area contributed by atoms with Crippen LogP contribution in [0.4, 0.5) is 0 Å². The molecule has 297 valence electrons. The minimum atomic E-state index is -6.00. The van der Waals surface area contributed by atoms with Gasteiger partial charge in [0, 0.05) is 0 Å². The van der Waals surface area contributed by atoms with E-state index in [9.17, 15) is 9.42 Å². The van der Waals surface area contributed by atoms with Gasteiger partial charge >= 0.3 is 354 Å². The Hall–Kier alpha value is -3.54. The topological polar surface area (TPSA) is 0 Å². The zero-order valence-electron chi connectivity index (χ0n) is 33.9. The van der Waals surface area contributed by atoms with Gasteiger partial charge in [-0.2, -0.15) is 0 Å². The summed E-state index contributed by atoms with van der Waals surface area (Å²) < 4.78 is 0. The van der Waals surface area contributed by atoms with Gasteiger partial charge in [-0.05, 0) is 0 Å². The van der Waals surface area contributed by atoms with Gasteiger partial charge in [-0.25, -0.2) is 0 Å². The van der Waals surface area contributed by atoms with Crippen LogP contribution in [0.25, 0.3) is 0 Å². The summed E-state index contributed by atoms with van der Waals surface area (Å²) in [7, 11) is 11.0. The molecule has 58 heavy (non-hydrogen) atoms. The number of benzene rings is 8. The summed E-state index contributed by atoms with van der Waals surface area (Å²) >= 11 is -6.00. The Labute approximate surface area is 351 Å². The summed E-state index contributed by atoms with van der Waals surface area (Å²) in [6, 6.07) is 93.9. The van der Waals surface area contributed by atoms with Crippen LogP contribution in [0, 0.1) is 0 Å². The molecule has 0 fully saturated rings. The summed E-state index contributed by atoms with van der Waals surface area (Å²) in [5.41, 5.74) is 0. The molecule has 0 aliphatic carbocycles. The van der Waals surface area contributed by atoms with E-state index in [2.05, 4.69) is 269 Å². The van der Waals surface area contributed by atoms with Gasteiger partial charge < -0.3 is 0 Å². The summed E-state index contributed by atoms with van der Waals surface area (Å²) in [6.07, 6.45) is 0. The first-order valence-corrected chi connectivity index (χ1v) is 51.1. The second-order valence-electron chi connectivity index (χ2n) is 16.0. The van der Waals surface area contributed by atoms with Crippen molar-refractivity contribution in [2.45, 2.75) is 0 Å². The average Bonchev–Trinajstić information content (AvgIpc) is 3.32. The molecular formula is C52H56ClP4W. The third-order valence-corrected chi connectivity index (χ3v) is 268. The van der Waals surface area contributed by atoms with E-state index in [1.54, 1.807) is 0 Å². The van der Waals surface area contributed by atoms with Gasteiger partial charge in [0.25, 0.3) is 0 Å². The van der Waals surface area contributed by atoms with Crippen molar-refractivity contribution in [3.05, 3.63) is 243 Å². The van der Waals surface area contributed by atoms with E-state index < -0.39 is 33.2 Å². The average molecular weight is 1020 g/mol. The molecule has 0 N–H and O–H groups in total. The van der Waals surface area contributed by atoms with Gasteiger partial charge in [-0.3, -0.25) is 0 Å². The molecule has 6 heteroatoms. The quantitative estimate of drug-likeness (QED) is 0.107. The molecule has 8 aromatic rings. The van der Waals surface area contributed by atoms with Crippen molar-refractivity contribution in [1.82, 2.24) is 0 Å². The molecule has 8 aromatic carbocycles. The molecule has 0 saturated heterocycles. The fourth-order valence-corrected chi connectivity index (χ4v) is 337. The third-order valence-electron chi connectivity index (χ3n) is 13.7. The van der Waals surface area contributed by atoms with E-state index in [-0.39, 0.29) is 0 Å². The fraction of sp³-hybridized carbons (Fsp3) is 0.0769. The molecule has 0 spiro atoms. The van der Waals surface area contributed by atoms with Crippen molar-refractivity contribution in [3.8, 4) is 0 Å². The van der Waals surface area contributed by atoms with E-state index in [0.717, 1.165) is 0 Å². The molecule has 0 radical (unpaired) electrons. The van der Waals surface area contributed by atoms with E-state index in [4.69, 9.17) is 0 Å². The summed E-state index contributed by atoms with van der Waals surface area (Å²) in [4.78, 5) is 0. The first kappa shape index (κ1) is 41.2. The maximum atomic E-state index is 11.0. The van der Waals surface area contributed by atoms with Crippen LogP contribution >= 0.6 is 30.8 Å². The Balaban J connectivity index is 1.85. The van der Waals surface area contributed by atoms with E-state index in [1.807, 2.05) is 0 Å². The van der Waals surface area contributed by atoms with Crippen molar-refractivity contribution in [2.24, 2.45) is 0 Å². The van der Waals surface area contributed by atoms with Crippen LogP contribution in [0.1, 0.15) is 0 Å². The first-order chi connectivity index (χ1) is 28.2. The molecule has 0 heterocycles. The Bertz CT molecular complexity index is 2040. The van der Waals surface area contributed by atoms with Crippen molar-refractivity contribution >= 4 is 73.3 Å². The van der Waals surface area contributed by atoms with Crippen molar-refractivity contribution in [2.75, 3.05) is 26.7 Å². The van der Waals surface area contributed by atoms with E-state index in [1.165, 1.54) is 42.4 Å². The Morgan fingerprint density at radius 1 is 0.224 bits per heavy atom. The second kappa shape index (κ2) is 16.5. The van der Waals surface area contributed by atoms with Gasteiger partial charge in [-0.15, -0.1) is 0 Å². The Kier molecular flexibility index (Phi) is 11.7. The van der Waals surface area contributed by atoms with Crippen LogP contribution in [0.3, 0.4) is 0 Å². The molecule has 0 aliphatic rings. The van der Waals surface area contributed by atoms with Crippen molar-refractivity contribution in [1.29, 1.82) is 0 Å². The summed E-state index contributed by atoms with van der Waals surface area (Å²) in [5, 5.41) is -1.42. The molecular weight excluding hydrogens is 968 g/mol. The normalized spacial score (nSPS) is 14.4. The molecule has 0 aliphatic heterocycles. The van der Waals surface area contributed by atoms with Gasteiger partial charge in [0.1, 0.15) is 0 Å². The molecule has 0 atom stereocenters. The number of halogens is 1. The fourth-order valence-electron chi connectivity index (χ4n) is 10.9. The van der Waals surface area contributed by atoms with Gasteiger partial charge in [0.2, 0.25) is 0 Å². The van der Waals surface area contributed by atoms with E-state index in [0.29, 0.717) is 0 Å². The number of hydrogen-bond acceptors (Lipinski definition) is 0. The van der Waals surface area contributed by atoms with Crippen LogP contribution in [0.15, 0.2) is 243 Å². The van der Waals surface area contributed by atoms with Gasteiger partial charge in [-0.1, -0.05) is 0 Å². The molecule has 0 aromatic heterocycles. The Morgan fingerprint density at radius 2 is 0.328 bits per heavy atom. The van der Waals surface area contributed by atoms with Crippen LogP contribution in [0.2, 0.25) is 0 Å². The third kappa shape index (κ3) is 5.67. The number of hydrogen-bond donors (Lipinski definition) is 0. The Morgan fingerprint density at radius 3 is 0.431 bits per heavy atom. The SMILES string of the molecule is C[PH](c1ccccc1)(c1ccccc1)[W]([Cl])([PH](C)(c1ccccc1)c1ccccc1)([PH](C)(c1ccccc1)c1ccccc1)[PH](C)(c1ccccc1)c1ccccc1. The predicted octanol–water partition coefficient (Wildman–Crippen LogP) is 10.6.